The van der Waals surface area contributed by atoms with E-state index in [1.807, 2.05) is 12.1 Å². The van der Waals surface area contributed by atoms with Crippen LogP contribution in [0.2, 0.25) is 0 Å². The average Bonchev–Trinajstić information content (AvgIpc) is 3.43. The predicted molar refractivity (Wildman–Crippen MR) is 127 cm³/mol. The number of rotatable bonds is 10. The number of aliphatic hydroxyl groups excluding tert-OH is 2. The van der Waals surface area contributed by atoms with E-state index in [1.54, 1.807) is 5.57 Å². The third-order valence-electron chi connectivity index (χ3n) is 7.46. The number of aliphatic hydroxyl groups is 2. The van der Waals surface area contributed by atoms with Crippen molar-refractivity contribution in [2.45, 2.75) is 57.7 Å². The lowest BCUT2D eigenvalue weighted by atomic mass is 9.88. The van der Waals surface area contributed by atoms with Gasteiger partial charge in [0.25, 0.3) is 0 Å². The number of hydrogen-bond acceptors (Lipinski definition) is 4. The van der Waals surface area contributed by atoms with E-state index in [-0.39, 0.29) is 12.0 Å². The van der Waals surface area contributed by atoms with Crippen molar-refractivity contribution in [2.75, 3.05) is 32.7 Å². The summed E-state index contributed by atoms with van der Waals surface area (Å²) in [4.78, 5) is 2.55. The fourth-order valence-electron chi connectivity index (χ4n) is 5.81. The smallest absolute Gasteiger partial charge is 0.0761 e. The Balaban J connectivity index is 1.20. The zero-order valence-electron chi connectivity index (χ0n) is 19.0. The summed E-state index contributed by atoms with van der Waals surface area (Å²) in [6.07, 6.45) is 12.1. The number of hydrogen-bond donors (Lipinski definition) is 3. The maximum atomic E-state index is 10.6. The molecule has 4 rings (SSSR count). The standard InChI is InChI=1S/C27H40N2O2/c1-20-5-4-6-21(15-20)17-24(30)7-8-25-26-18-22(16-23(26)19-27(25)31)9-10-28-11-14-29-12-2-3-13-29/h4-8,15-16,23-28,30-31H,2-3,9-14,17-19H2,1H3/t23-,24-,25+,26-,27+/m0/s1. The topological polar surface area (TPSA) is 55.7 Å². The van der Waals surface area contributed by atoms with Gasteiger partial charge in [-0.05, 0) is 76.1 Å². The number of likely N-dealkylation sites (tertiary alicyclic amines) is 1. The molecular weight excluding hydrogens is 384 g/mol. The van der Waals surface area contributed by atoms with Crippen LogP contribution in [0.4, 0.5) is 0 Å². The maximum absolute atomic E-state index is 10.6. The van der Waals surface area contributed by atoms with Gasteiger partial charge in [0.05, 0.1) is 12.2 Å². The Hall–Kier alpha value is -1.46. The van der Waals surface area contributed by atoms with Gasteiger partial charge in [-0.3, -0.25) is 0 Å². The molecule has 4 nitrogen and oxygen atoms in total. The highest BCUT2D eigenvalue weighted by atomic mass is 16.3. The number of aryl methyl sites for hydroxylation is 1. The Kier molecular flexibility index (Phi) is 8.00. The van der Waals surface area contributed by atoms with Crippen LogP contribution in [0.3, 0.4) is 0 Å². The minimum atomic E-state index is -0.498. The van der Waals surface area contributed by atoms with Gasteiger partial charge in [-0.25, -0.2) is 0 Å². The van der Waals surface area contributed by atoms with Gasteiger partial charge in [0, 0.05) is 25.4 Å². The molecule has 0 bridgehead atoms. The van der Waals surface area contributed by atoms with Crippen LogP contribution in [-0.4, -0.2) is 60.0 Å². The second kappa shape index (κ2) is 10.9. The van der Waals surface area contributed by atoms with E-state index < -0.39 is 6.10 Å². The van der Waals surface area contributed by atoms with Crippen LogP contribution in [0.15, 0.2) is 48.1 Å². The third-order valence-corrected chi connectivity index (χ3v) is 7.46. The summed E-state index contributed by atoms with van der Waals surface area (Å²) < 4.78 is 0. The van der Waals surface area contributed by atoms with Gasteiger partial charge in [0.2, 0.25) is 0 Å². The van der Waals surface area contributed by atoms with Crippen LogP contribution in [0.1, 0.15) is 43.2 Å². The highest BCUT2D eigenvalue weighted by Crippen LogP contribution is 2.47. The zero-order chi connectivity index (χ0) is 21.6. The van der Waals surface area contributed by atoms with E-state index >= 15 is 0 Å². The van der Waals surface area contributed by atoms with E-state index in [1.165, 1.54) is 38.0 Å². The molecule has 1 saturated heterocycles. The fraction of sp³-hybridized carbons (Fsp3) is 0.630. The lowest BCUT2D eigenvalue weighted by Crippen LogP contribution is -2.30. The molecule has 0 aromatic heterocycles. The third kappa shape index (κ3) is 6.29. The molecule has 0 unspecified atom stereocenters. The first kappa shape index (κ1) is 22.7. The first-order valence-electron chi connectivity index (χ1n) is 12.3. The first-order valence-corrected chi connectivity index (χ1v) is 12.3. The molecular formula is C27H40N2O2. The molecule has 3 aliphatic rings. The van der Waals surface area contributed by atoms with Crippen molar-refractivity contribution in [3.63, 3.8) is 0 Å². The van der Waals surface area contributed by atoms with Gasteiger partial charge >= 0.3 is 0 Å². The second-order valence-corrected chi connectivity index (χ2v) is 9.93. The van der Waals surface area contributed by atoms with Crippen LogP contribution >= 0.6 is 0 Å². The van der Waals surface area contributed by atoms with Crippen molar-refractivity contribution in [3.05, 3.63) is 59.2 Å². The summed E-state index contributed by atoms with van der Waals surface area (Å²) in [6.45, 7) is 7.93. The number of benzene rings is 1. The normalized spacial score (nSPS) is 29.6. The van der Waals surface area contributed by atoms with Crippen molar-refractivity contribution in [2.24, 2.45) is 17.8 Å². The number of fused-ring (bicyclic) bond motifs is 1. The maximum Gasteiger partial charge on any atom is 0.0761 e. The molecule has 2 aliphatic carbocycles. The lowest BCUT2D eigenvalue weighted by Gasteiger charge is -2.19. The van der Waals surface area contributed by atoms with E-state index in [2.05, 4.69) is 47.5 Å². The molecule has 5 atom stereocenters. The average molecular weight is 425 g/mol. The quantitative estimate of drug-likeness (QED) is 0.398. The van der Waals surface area contributed by atoms with Gasteiger partial charge in [0.15, 0.2) is 0 Å². The molecule has 2 fully saturated rings. The summed E-state index contributed by atoms with van der Waals surface area (Å²) in [6, 6.07) is 8.31. The van der Waals surface area contributed by atoms with Crippen LogP contribution in [-0.2, 0) is 6.42 Å². The van der Waals surface area contributed by atoms with E-state index in [0.717, 1.165) is 37.9 Å². The van der Waals surface area contributed by atoms with E-state index in [0.29, 0.717) is 18.3 Å². The minimum absolute atomic E-state index is 0.161. The molecule has 1 heterocycles. The molecule has 1 saturated carbocycles. The monoisotopic (exact) mass is 424 g/mol. The van der Waals surface area contributed by atoms with Crippen molar-refractivity contribution < 1.29 is 10.2 Å². The molecule has 0 spiro atoms. The molecule has 0 radical (unpaired) electrons. The Morgan fingerprint density at radius 2 is 2.06 bits per heavy atom. The van der Waals surface area contributed by atoms with Gasteiger partial charge in [-0.15, -0.1) is 0 Å². The highest BCUT2D eigenvalue weighted by Gasteiger charge is 2.43. The Morgan fingerprint density at radius 3 is 2.87 bits per heavy atom. The Morgan fingerprint density at radius 1 is 1.23 bits per heavy atom. The number of nitrogens with one attached hydrogen (secondary N) is 1. The lowest BCUT2D eigenvalue weighted by molar-refractivity contribution is 0.140. The minimum Gasteiger partial charge on any atom is -0.392 e. The summed E-state index contributed by atoms with van der Waals surface area (Å²) >= 11 is 0. The van der Waals surface area contributed by atoms with Gasteiger partial charge < -0.3 is 20.4 Å². The fourth-order valence-corrected chi connectivity index (χ4v) is 5.81. The van der Waals surface area contributed by atoms with E-state index in [4.69, 9.17) is 0 Å². The molecule has 1 aromatic rings. The largest absolute Gasteiger partial charge is 0.392 e. The van der Waals surface area contributed by atoms with Crippen molar-refractivity contribution in [1.29, 1.82) is 0 Å². The highest BCUT2D eigenvalue weighted by molar-refractivity contribution is 5.24. The molecule has 0 amide bonds. The summed E-state index contributed by atoms with van der Waals surface area (Å²) in [5.41, 5.74) is 3.93. The second-order valence-electron chi connectivity index (χ2n) is 9.93. The van der Waals surface area contributed by atoms with Crippen molar-refractivity contribution in [1.82, 2.24) is 10.2 Å². The molecule has 1 aromatic carbocycles. The van der Waals surface area contributed by atoms with Crippen LogP contribution in [0.25, 0.3) is 0 Å². The van der Waals surface area contributed by atoms with Crippen LogP contribution < -0.4 is 5.32 Å². The van der Waals surface area contributed by atoms with E-state index in [9.17, 15) is 10.2 Å². The zero-order valence-corrected chi connectivity index (χ0v) is 19.0. The molecule has 170 valence electrons. The summed E-state index contributed by atoms with van der Waals surface area (Å²) in [7, 11) is 0. The Bertz CT molecular complexity index is 768. The molecule has 4 heteroatoms. The SMILES string of the molecule is Cc1cccc(C[C@@H](O)C=C[C@@H]2[C@H]3CC(CCNCCN4CCCC4)=C[C@H]3C[C@H]2O)c1. The van der Waals surface area contributed by atoms with Gasteiger partial charge in [-0.2, -0.15) is 0 Å². The van der Waals surface area contributed by atoms with Crippen molar-refractivity contribution in [3.8, 4) is 0 Å². The predicted octanol–water partition coefficient (Wildman–Crippen LogP) is 3.47. The molecule has 3 N–H and O–H groups in total. The van der Waals surface area contributed by atoms with Crippen LogP contribution in [0.5, 0.6) is 0 Å². The van der Waals surface area contributed by atoms with Crippen LogP contribution in [0, 0.1) is 24.7 Å². The Labute approximate surface area is 188 Å². The number of nitrogens with zero attached hydrogens (tertiary/aromatic N) is 1. The van der Waals surface area contributed by atoms with Gasteiger partial charge in [-0.1, -0.05) is 53.6 Å². The number of allylic oxidation sites excluding steroid dienone is 1. The van der Waals surface area contributed by atoms with Gasteiger partial charge in [0.1, 0.15) is 0 Å². The summed E-state index contributed by atoms with van der Waals surface area (Å²) in [5, 5.41) is 24.7. The summed E-state index contributed by atoms with van der Waals surface area (Å²) in [5.74, 6) is 1.16. The molecule has 31 heavy (non-hydrogen) atoms. The van der Waals surface area contributed by atoms with Crippen molar-refractivity contribution >= 4 is 0 Å². The molecule has 1 aliphatic heterocycles. The first-order chi connectivity index (χ1) is 15.1.